The first kappa shape index (κ1) is 22.0. The van der Waals surface area contributed by atoms with Crippen LogP contribution >= 0.6 is 0 Å². The Hall–Kier alpha value is -2.70. The van der Waals surface area contributed by atoms with Crippen LogP contribution in [-0.2, 0) is 14.3 Å². The summed E-state index contributed by atoms with van der Waals surface area (Å²) in [7, 11) is 0. The van der Waals surface area contributed by atoms with Crippen LogP contribution < -0.4 is 5.32 Å². The van der Waals surface area contributed by atoms with Crippen molar-refractivity contribution in [1.82, 2.24) is 15.1 Å². The highest BCUT2D eigenvalue weighted by atomic mass is 16.5. The molecule has 1 saturated heterocycles. The molecule has 2 aromatic rings. The zero-order chi connectivity index (χ0) is 21.2. The lowest BCUT2D eigenvalue weighted by Crippen LogP contribution is -2.51. The molecule has 6 nitrogen and oxygen atoms in total. The summed E-state index contributed by atoms with van der Waals surface area (Å²) in [6, 6.07) is 19.9. The average molecular weight is 410 g/mol. The number of nitrogens with zero attached hydrogens (tertiary/aromatic N) is 2. The smallest absolute Gasteiger partial charge is 0.248 e. The van der Waals surface area contributed by atoms with E-state index >= 15 is 0 Å². The van der Waals surface area contributed by atoms with Crippen molar-refractivity contribution in [3.63, 3.8) is 0 Å². The minimum absolute atomic E-state index is 0.0121. The molecule has 1 aliphatic heterocycles. The van der Waals surface area contributed by atoms with Crippen LogP contribution in [0.3, 0.4) is 0 Å². The highest BCUT2D eigenvalue weighted by Crippen LogP contribution is 2.25. The second-order valence-corrected chi connectivity index (χ2v) is 7.52. The Kier molecular flexibility index (Phi) is 8.41. The molecule has 160 valence electrons. The molecule has 0 saturated carbocycles. The third kappa shape index (κ3) is 6.40. The van der Waals surface area contributed by atoms with Crippen LogP contribution in [0.4, 0.5) is 0 Å². The van der Waals surface area contributed by atoms with Gasteiger partial charge in [-0.05, 0) is 17.5 Å². The Bertz CT molecular complexity index is 750. The second-order valence-electron chi connectivity index (χ2n) is 7.52. The third-order valence-electron chi connectivity index (χ3n) is 5.24. The zero-order valence-corrected chi connectivity index (χ0v) is 17.6. The fourth-order valence-electron chi connectivity index (χ4n) is 3.57. The number of benzene rings is 2. The number of carbonyl (C=O) groups excluding carboxylic acids is 2. The quantitative estimate of drug-likeness (QED) is 0.691. The van der Waals surface area contributed by atoms with E-state index in [1.54, 1.807) is 0 Å². The van der Waals surface area contributed by atoms with Crippen molar-refractivity contribution in [3.8, 4) is 0 Å². The fraction of sp³-hybridized carbons (Fsp3) is 0.417. The predicted octanol–water partition coefficient (Wildman–Crippen LogP) is 2.46. The lowest BCUT2D eigenvalue weighted by atomic mass is 10.0. The van der Waals surface area contributed by atoms with E-state index < -0.39 is 0 Å². The van der Waals surface area contributed by atoms with Crippen LogP contribution in [0.25, 0.3) is 0 Å². The number of hydrogen-bond donors (Lipinski definition) is 1. The van der Waals surface area contributed by atoms with Gasteiger partial charge in [0.1, 0.15) is 12.7 Å². The van der Waals surface area contributed by atoms with E-state index in [4.69, 9.17) is 4.74 Å². The van der Waals surface area contributed by atoms with Gasteiger partial charge in [0.2, 0.25) is 11.8 Å². The van der Waals surface area contributed by atoms with Crippen molar-refractivity contribution in [2.45, 2.75) is 19.4 Å². The molecule has 3 rings (SSSR count). The summed E-state index contributed by atoms with van der Waals surface area (Å²) in [5.41, 5.74) is 2.05. The van der Waals surface area contributed by atoms with Crippen LogP contribution in [-0.4, -0.2) is 67.5 Å². The number of ether oxygens (including phenoxy) is 1. The van der Waals surface area contributed by atoms with Crippen molar-refractivity contribution < 1.29 is 14.3 Å². The van der Waals surface area contributed by atoms with Crippen LogP contribution in [0.2, 0.25) is 0 Å². The van der Waals surface area contributed by atoms with Gasteiger partial charge in [-0.2, -0.15) is 0 Å². The molecular formula is C24H31N3O3. The molecule has 30 heavy (non-hydrogen) atoms. The van der Waals surface area contributed by atoms with Crippen molar-refractivity contribution in [2.75, 3.05) is 45.9 Å². The van der Waals surface area contributed by atoms with E-state index in [0.717, 1.165) is 17.5 Å². The van der Waals surface area contributed by atoms with E-state index in [1.807, 2.05) is 72.5 Å². The van der Waals surface area contributed by atoms with Crippen molar-refractivity contribution in [2.24, 2.45) is 0 Å². The van der Waals surface area contributed by atoms with Crippen LogP contribution in [0.5, 0.6) is 0 Å². The largest absolute Gasteiger partial charge is 0.359 e. The molecule has 0 spiro atoms. The van der Waals surface area contributed by atoms with Crippen molar-refractivity contribution in [1.29, 1.82) is 0 Å². The molecule has 6 heteroatoms. The molecule has 0 aliphatic carbocycles. The lowest BCUT2D eigenvalue weighted by Gasteiger charge is -2.34. The topological polar surface area (TPSA) is 61.9 Å². The van der Waals surface area contributed by atoms with Gasteiger partial charge in [-0.15, -0.1) is 0 Å². The fourth-order valence-corrected chi connectivity index (χ4v) is 3.57. The Morgan fingerprint density at radius 1 is 0.933 bits per heavy atom. The first-order valence-corrected chi connectivity index (χ1v) is 10.7. The molecule has 2 aromatic carbocycles. The molecule has 0 atom stereocenters. The monoisotopic (exact) mass is 409 g/mol. The molecule has 1 aliphatic rings. The van der Waals surface area contributed by atoms with Gasteiger partial charge >= 0.3 is 0 Å². The normalized spacial score (nSPS) is 14.7. The van der Waals surface area contributed by atoms with Gasteiger partial charge in [-0.3, -0.25) is 14.5 Å². The van der Waals surface area contributed by atoms with Crippen LogP contribution in [0.15, 0.2) is 60.7 Å². The summed E-state index contributed by atoms with van der Waals surface area (Å²) in [6.45, 7) is 5.80. The van der Waals surface area contributed by atoms with Crippen LogP contribution in [0, 0.1) is 0 Å². The summed E-state index contributed by atoms with van der Waals surface area (Å²) >= 11 is 0. The Labute approximate surface area is 178 Å². The standard InChI is InChI=1S/C24H31N3O3/c1-2-13-25-22(28)18-26-14-16-27(17-15-26)23(29)19-30-24(20-9-5-3-6-10-20)21-11-7-4-8-12-21/h3-12,24H,2,13-19H2,1H3,(H,25,28). The molecule has 0 unspecified atom stereocenters. The number of piperazine rings is 1. The van der Waals surface area contributed by atoms with Crippen molar-refractivity contribution >= 4 is 11.8 Å². The molecular weight excluding hydrogens is 378 g/mol. The Morgan fingerprint density at radius 3 is 2.03 bits per heavy atom. The number of rotatable bonds is 9. The van der Waals surface area contributed by atoms with Crippen LogP contribution in [0.1, 0.15) is 30.6 Å². The van der Waals surface area contributed by atoms with Crippen molar-refractivity contribution in [3.05, 3.63) is 71.8 Å². The molecule has 1 fully saturated rings. The van der Waals surface area contributed by atoms with Gasteiger partial charge in [-0.1, -0.05) is 67.6 Å². The SMILES string of the molecule is CCCNC(=O)CN1CCN(C(=O)COC(c2ccccc2)c2ccccc2)CC1. The number of nitrogens with one attached hydrogen (secondary N) is 1. The lowest BCUT2D eigenvalue weighted by molar-refractivity contribution is -0.139. The maximum atomic E-state index is 12.7. The minimum Gasteiger partial charge on any atom is -0.359 e. The minimum atomic E-state index is -0.278. The highest BCUT2D eigenvalue weighted by Gasteiger charge is 2.24. The maximum absolute atomic E-state index is 12.7. The van der Waals surface area contributed by atoms with Gasteiger partial charge < -0.3 is 15.0 Å². The van der Waals surface area contributed by atoms with Gasteiger partial charge in [0.05, 0.1) is 6.54 Å². The van der Waals surface area contributed by atoms with Gasteiger partial charge in [-0.25, -0.2) is 0 Å². The van der Waals surface area contributed by atoms with E-state index in [0.29, 0.717) is 39.3 Å². The average Bonchev–Trinajstić information content (AvgIpc) is 2.79. The zero-order valence-electron chi connectivity index (χ0n) is 17.6. The number of hydrogen-bond acceptors (Lipinski definition) is 4. The Balaban J connectivity index is 1.51. The van der Waals surface area contributed by atoms with E-state index in [1.165, 1.54) is 0 Å². The van der Waals surface area contributed by atoms with E-state index in [2.05, 4.69) is 10.2 Å². The first-order valence-electron chi connectivity index (χ1n) is 10.7. The number of carbonyl (C=O) groups is 2. The molecule has 1 N–H and O–H groups in total. The van der Waals surface area contributed by atoms with E-state index in [-0.39, 0.29) is 24.5 Å². The number of amides is 2. The highest BCUT2D eigenvalue weighted by molar-refractivity contribution is 5.78. The summed E-state index contributed by atoms with van der Waals surface area (Å²) in [6.07, 6.45) is 0.654. The third-order valence-corrected chi connectivity index (χ3v) is 5.24. The molecule has 1 heterocycles. The van der Waals surface area contributed by atoms with Gasteiger partial charge in [0.25, 0.3) is 0 Å². The van der Waals surface area contributed by atoms with E-state index in [9.17, 15) is 9.59 Å². The van der Waals surface area contributed by atoms with Gasteiger partial charge in [0, 0.05) is 32.7 Å². The Morgan fingerprint density at radius 2 is 1.50 bits per heavy atom. The van der Waals surface area contributed by atoms with Gasteiger partial charge in [0.15, 0.2) is 0 Å². The summed E-state index contributed by atoms with van der Waals surface area (Å²) in [5, 5.41) is 2.90. The molecule has 2 amide bonds. The second kappa shape index (κ2) is 11.5. The maximum Gasteiger partial charge on any atom is 0.248 e. The first-order chi connectivity index (χ1) is 14.7. The summed E-state index contributed by atoms with van der Waals surface area (Å²) in [5.74, 6) is 0.0375. The molecule has 0 radical (unpaired) electrons. The summed E-state index contributed by atoms with van der Waals surface area (Å²) < 4.78 is 6.10. The molecule has 0 aromatic heterocycles. The summed E-state index contributed by atoms with van der Waals surface area (Å²) in [4.78, 5) is 28.5. The molecule has 0 bridgehead atoms. The predicted molar refractivity (Wildman–Crippen MR) is 117 cm³/mol.